The maximum atomic E-state index is 12.9. The first-order valence-electron chi connectivity index (χ1n) is 9.46. The van der Waals surface area contributed by atoms with E-state index in [2.05, 4.69) is 23.3 Å². The minimum absolute atomic E-state index is 0.0132. The maximum Gasteiger partial charge on any atom is 0.328 e. The summed E-state index contributed by atoms with van der Waals surface area (Å²) in [7, 11) is 0. The van der Waals surface area contributed by atoms with Crippen molar-refractivity contribution in [2.24, 2.45) is 11.5 Å². The van der Waals surface area contributed by atoms with E-state index in [4.69, 9.17) is 16.6 Å². The number of nitrogens with zero attached hydrogens (tertiary/aromatic N) is 1. The first kappa shape index (κ1) is 25.7. The fourth-order valence-electron chi connectivity index (χ4n) is 3.03. The van der Waals surface area contributed by atoms with Crippen molar-refractivity contribution >= 4 is 42.2 Å². The van der Waals surface area contributed by atoms with Crippen LogP contribution in [0.4, 0.5) is 0 Å². The summed E-state index contributed by atoms with van der Waals surface area (Å²) in [6.07, 6.45) is -0.602. The summed E-state index contributed by atoms with van der Waals surface area (Å²) in [5, 5.41) is 23.3. The number of aliphatic hydroxyl groups is 1. The Balaban J connectivity index is 2.80. The molecular formula is C17H29N5O7S. The first-order chi connectivity index (χ1) is 14.0. The summed E-state index contributed by atoms with van der Waals surface area (Å²) in [6, 6.07) is -4.58. The molecule has 13 heteroatoms. The largest absolute Gasteiger partial charge is 0.480 e. The number of carboxylic acid groups (broad SMARTS) is 1. The molecule has 0 aromatic heterocycles. The lowest BCUT2D eigenvalue weighted by Gasteiger charge is -2.29. The van der Waals surface area contributed by atoms with Crippen LogP contribution in [0.3, 0.4) is 0 Å². The molecule has 0 radical (unpaired) electrons. The molecule has 4 amide bonds. The number of carbonyl (C=O) groups excluding carboxylic acids is 4. The highest BCUT2D eigenvalue weighted by Crippen LogP contribution is 2.19. The fourth-order valence-corrected chi connectivity index (χ4v) is 3.28. The summed E-state index contributed by atoms with van der Waals surface area (Å²) in [5.74, 6) is -4.02. The third-order valence-electron chi connectivity index (χ3n) is 4.72. The van der Waals surface area contributed by atoms with Gasteiger partial charge in [0.15, 0.2) is 6.04 Å². The van der Waals surface area contributed by atoms with Gasteiger partial charge in [-0.2, -0.15) is 12.6 Å². The number of carbonyl (C=O) groups is 5. The van der Waals surface area contributed by atoms with E-state index in [0.717, 1.165) is 0 Å². The molecule has 12 nitrogen and oxygen atoms in total. The van der Waals surface area contributed by atoms with Gasteiger partial charge < -0.3 is 37.2 Å². The summed E-state index contributed by atoms with van der Waals surface area (Å²) in [5.41, 5.74) is 10.7. The molecule has 170 valence electrons. The predicted molar refractivity (Wildman–Crippen MR) is 108 cm³/mol. The number of aliphatic hydroxyl groups excluding tert-OH is 1. The van der Waals surface area contributed by atoms with Crippen molar-refractivity contribution in [1.29, 1.82) is 0 Å². The van der Waals surface area contributed by atoms with Crippen LogP contribution in [-0.2, 0) is 24.0 Å². The van der Waals surface area contributed by atoms with Gasteiger partial charge in [0.25, 0.3) is 0 Å². The molecule has 8 N–H and O–H groups in total. The lowest BCUT2D eigenvalue weighted by atomic mass is 10.1. The van der Waals surface area contributed by atoms with Gasteiger partial charge in [-0.15, -0.1) is 0 Å². The Morgan fingerprint density at radius 3 is 2.37 bits per heavy atom. The van der Waals surface area contributed by atoms with Gasteiger partial charge in [0.05, 0.1) is 12.1 Å². The van der Waals surface area contributed by atoms with Crippen molar-refractivity contribution in [3.05, 3.63) is 0 Å². The minimum atomic E-state index is -1.52. The van der Waals surface area contributed by atoms with Gasteiger partial charge in [0.2, 0.25) is 23.6 Å². The number of rotatable bonds is 11. The Bertz CT molecular complexity index is 675. The monoisotopic (exact) mass is 447 g/mol. The number of nitrogens with two attached hydrogens (primary N) is 2. The van der Waals surface area contributed by atoms with Gasteiger partial charge in [0.1, 0.15) is 12.1 Å². The lowest BCUT2D eigenvalue weighted by molar-refractivity contribution is -0.147. The predicted octanol–water partition coefficient (Wildman–Crippen LogP) is -3.06. The molecule has 0 aromatic carbocycles. The first-order valence-corrected chi connectivity index (χ1v) is 10.1. The molecule has 1 fully saturated rings. The Morgan fingerprint density at radius 2 is 1.87 bits per heavy atom. The molecule has 5 atom stereocenters. The number of nitrogens with one attached hydrogen (secondary N) is 2. The molecule has 0 bridgehead atoms. The highest BCUT2D eigenvalue weighted by Gasteiger charge is 2.39. The molecule has 1 rings (SSSR count). The number of likely N-dealkylation sites (tertiary alicyclic amines) is 1. The van der Waals surface area contributed by atoms with Crippen molar-refractivity contribution in [1.82, 2.24) is 15.5 Å². The van der Waals surface area contributed by atoms with Crippen molar-refractivity contribution in [2.45, 2.75) is 62.9 Å². The van der Waals surface area contributed by atoms with Gasteiger partial charge in [0, 0.05) is 18.7 Å². The zero-order chi connectivity index (χ0) is 23.0. The normalized spacial score (nSPS) is 20.0. The van der Waals surface area contributed by atoms with Crippen LogP contribution in [0, 0.1) is 0 Å². The molecule has 0 aromatic rings. The minimum Gasteiger partial charge on any atom is -0.480 e. The van der Waals surface area contributed by atoms with Crippen LogP contribution < -0.4 is 22.1 Å². The van der Waals surface area contributed by atoms with Gasteiger partial charge in [-0.1, -0.05) is 0 Å². The average molecular weight is 448 g/mol. The van der Waals surface area contributed by atoms with Crippen LogP contribution in [0.25, 0.3) is 0 Å². The van der Waals surface area contributed by atoms with Gasteiger partial charge in [-0.05, 0) is 26.2 Å². The van der Waals surface area contributed by atoms with E-state index in [1.807, 2.05) is 0 Å². The van der Waals surface area contributed by atoms with Gasteiger partial charge in [-0.3, -0.25) is 19.2 Å². The summed E-state index contributed by atoms with van der Waals surface area (Å²) in [6.45, 7) is 1.46. The summed E-state index contributed by atoms with van der Waals surface area (Å²) < 4.78 is 0. The smallest absolute Gasteiger partial charge is 0.328 e. The maximum absolute atomic E-state index is 12.9. The molecular weight excluding hydrogens is 418 g/mol. The Labute approximate surface area is 179 Å². The van der Waals surface area contributed by atoms with E-state index in [9.17, 15) is 29.1 Å². The number of thiol groups is 1. The van der Waals surface area contributed by atoms with E-state index in [1.165, 1.54) is 11.8 Å². The second-order valence-electron chi connectivity index (χ2n) is 7.11. The highest BCUT2D eigenvalue weighted by molar-refractivity contribution is 7.80. The number of hydrogen-bond donors (Lipinski definition) is 7. The number of aliphatic carboxylic acids is 1. The van der Waals surface area contributed by atoms with Crippen LogP contribution in [0.2, 0.25) is 0 Å². The molecule has 1 aliphatic rings. The highest BCUT2D eigenvalue weighted by atomic mass is 32.1. The fraction of sp³-hybridized carbons (Fsp3) is 0.706. The number of amides is 4. The van der Waals surface area contributed by atoms with Crippen LogP contribution in [0.5, 0.6) is 0 Å². The van der Waals surface area contributed by atoms with E-state index in [1.54, 1.807) is 0 Å². The van der Waals surface area contributed by atoms with E-state index in [0.29, 0.717) is 12.8 Å². The SMILES string of the molecule is CC(O)C(NC(=O)C1CCCN1C(=O)C(CS)NC(=O)C(N)CCC(N)=O)C(=O)O. The standard InChI is InChI=1S/C17H29N5O7S/c1-8(23)13(17(28)29)21-15(26)11-3-2-6-22(11)16(27)10(7-30)20-14(25)9(18)4-5-12(19)24/h8-11,13,23,30H,2-7,18H2,1H3,(H2,19,24)(H,20,25)(H,21,26)(H,28,29). The molecule has 1 saturated heterocycles. The van der Waals surface area contributed by atoms with Gasteiger partial charge >= 0.3 is 5.97 Å². The average Bonchev–Trinajstić information content (AvgIpc) is 3.16. The topological polar surface area (TPSA) is 205 Å². The summed E-state index contributed by atoms with van der Waals surface area (Å²) in [4.78, 5) is 60.8. The molecule has 30 heavy (non-hydrogen) atoms. The van der Waals surface area contributed by atoms with E-state index in [-0.39, 0.29) is 25.1 Å². The van der Waals surface area contributed by atoms with Crippen LogP contribution in [-0.4, -0.2) is 87.3 Å². The third kappa shape index (κ3) is 7.15. The Morgan fingerprint density at radius 1 is 1.23 bits per heavy atom. The quantitative estimate of drug-likeness (QED) is 0.161. The Kier molecular flexibility index (Phi) is 10.0. The third-order valence-corrected chi connectivity index (χ3v) is 5.09. The van der Waals surface area contributed by atoms with Crippen molar-refractivity contribution in [3.63, 3.8) is 0 Å². The molecule has 1 heterocycles. The zero-order valence-electron chi connectivity index (χ0n) is 16.6. The van der Waals surface area contributed by atoms with Crippen LogP contribution >= 0.6 is 12.6 Å². The molecule has 0 saturated carbocycles. The lowest BCUT2D eigenvalue weighted by Crippen LogP contribution is -2.58. The molecule has 0 spiro atoms. The number of primary amides is 1. The second-order valence-corrected chi connectivity index (χ2v) is 7.48. The Hall–Kier alpha value is -2.38. The second kappa shape index (κ2) is 11.7. The van der Waals surface area contributed by atoms with Gasteiger partial charge in [-0.25, -0.2) is 4.79 Å². The van der Waals surface area contributed by atoms with Crippen LogP contribution in [0.1, 0.15) is 32.6 Å². The van der Waals surface area contributed by atoms with Crippen molar-refractivity contribution in [2.75, 3.05) is 12.3 Å². The van der Waals surface area contributed by atoms with E-state index >= 15 is 0 Å². The molecule has 0 aliphatic carbocycles. The zero-order valence-corrected chi connectivity index (χ0v) is 17.5. The van der Waals surface area contributed by atoms with E-state index < -0.39 is 59.9 Å². The van der Waals surface area contributed by atoms with Crippen molar-refractivity contribution < 1.29 is 34.2 Å². The number of carboxylic acids is 1. The summed E-state index contributed by atoms with van der Waals surface area (Å²) >= 11 is 4.08. The molecule has 1 aliphatic heterocycles. The van der Waals surface area contributed by atoms with Crippen LogP contribution in [0.15, 0.2) is 0 Å². The van der Waals surface area contributed by atoms with Crippen molar-refractivity contribution in [3.8, 4) is 0 Å². The number of hydrogen-bond acceptors (Lipinski definition) is 8. The molecule has 5 unspecified atom stereocenters.